The molecule has 0 aliphatic carbocycles. The fourth-order valence-corrected chi connectivity index (χ4v) is 6.06. The second kappa shape index (κ2) is 12.3. The lowest BCUT2D eigenvalue weighted by atomic mass is 9.78. The molecule has 0 spiro atoms. The number of benzene rings is 1. The molecule has 0 radical (unpaired) electrons. The number of aliphatic hydroxyl groups is 1. The van der Waals surface area contributed by atoms with Gasteiger partial charge in [0.15, 0.2) is 28.0 Å². The number of hydrogen-bond donors (Lipinski definition) is 2. The number of fused-ring (bicyclic) bond motifs is 1. The van der Waals surface area contributed by atoms with Gasteiger partial charge in [0.25, 0.3) is 6.08 Å². The monoisotopic (exact) mass is 651 g/mol. The van der Waals surface area contributed by atoms with Crippen LogP contribution in [-0.2, 0) is 31.0 Å². The summed E-state index contributed by atoms with van der Waals surface area (Å²) in [6.07, 6.45) is 3.65. The molecule has 1 fully saturated rings. The third-order valence-corrected chi connectivity index (χ3v) is 8.13. The molecule has 5 rings (SSSR count). The van der Waals surface area contributed by atoms with Gasteiger partial charge in [-0.2, -0.15) is 9.37 Å². The first-order chi connectivity index (χ1) is 22.1. The number of esters is 2. The van der Waals surface area contributed by atoms with Crippen LogP contribution in [0.2, 0.25) is 0 Å². The second-order valence-corrected chi connectivity index (χ2v) is 12.2. The van der Waals surface area contributed by atoms with Crippen molar-refractivity contribution in [1.82, 2.24) is 19.1 Å². The highest BCUT2D eigenvalue weighted by Crippen LogP contribution is 2.42. The molecule has 1 aromatic carbocycles. The van der Waals surface area contributed by atoms with Gasteiger partial charge in [-0.1, -0.05) is 25.8 Å². The van der Waals surface area contributed by atoms with E-state index >= 15 is 4.39 Å². The van der Waals surface area contributed by atoms with Crippen LogP contribution in [0.25, 0.3) is 11.2 Å². The van der Waals surface area contributed by atoms with Crippen molar-refractivity contribution in [1.29, 1.82) is 5.41 Å². The van der Waals surface area contributed by atoms with Crippen LogP contribution in [0.5, 0.6) is 5.75 Å². The van der Waals surface area contributed by atoms with Crippen LogP contribution in [0.1, 0.15) is 68.1 Å². The van der Waals surface area contributed by atoms with Gasteiger partial charge in [0.05, 0.1) is 25.9 Å². The van der Waals surface area contributed by atoms with Gasteiger partial charge in [-0.3, -0.25) is 24.1 Å². The number of hydrogen-bond acceptors (Lipinski definition) is 12. The molecule has 0 unspecified atom stereocenters. The van der Waals surface area contributed by atoms with Gasteiger partial charge in [0, 0.05) is 24.3 Å². The summed E-state index contributed by atoms with van der Waals surface area (Å²) in [6, 6.07) is 3.65. The molecule has 0 amide bonds. The number of rotatable bonds is 9. The molecule has 1 aliphatic heterocycles. The van der Waals surface area contributed by atoms with Crippen molar-refractivity contribution in [3.8, 4) is 18.1 Å². The number of ether oxygens (including phenoxy) is 3. The Labute approximate surface area is 267 Å². The zero-order valence-electron chi connectivity index (χ0n) is 26.7. The zero-order chi connectivity index (χ0) is 34.4. The van der Waals surface area contributed by atoms with Crippen molar-refractivity contribution in [2.45, 2.75) is 84.3 Å². The van der Waals surface area contributed by atoms with E-state index in [1.54, 1.807) is 6.07 Å². The summed E-state index contributed by atoms with van der Waals surface area (Å²) in [4.78, 5) is 44.9. The maximum Gasteiger partial charge on any atom is 0.519 e. The first-order valence-corrected chi connectivity index (χ1v) is 14.6. The molecule has 4 aromatic rings. The molecule has 0 saturated carbocycles. The Morgan fingerprint density at radius 2 is 2.00 bits per heavy atom. The minimum atomic E-state index is -1.75. The van der Waals surface area contributed by atoms with Crippen LogP contribution in [0, 0.1) is 44.6 Å². The minimum absolute atomic E-state index is 0.00644. The minimum Gasteiger partial charge on any atom is -0.458 e. The number of terminal acetylenes is 1. The Hall–Kier alpha value is -5.07. The second-order valence-electron chi connectivity index (χ2n) is 12.2. The highest BCUT2D eigenvalue weighted by atomic mass is 19.1. The Bertz CT molecular complexity index is 2050. The maximum absolute atomic E-state index is 15.3. The van der Waals surface area contributed by atoms with E-state index in [9.17, 15) is 19.5 Å². The van der Waals surface area contributed by atoms with E-state index in [0.29, 0.717) is 11.3 Å². The predicted molar refractivity (Wildman–Crippen MR) is 161 cm³/mol. The summed E-state index contributed by atoms with van der Waals surface area (Å²) in [5.41, 5.74) is -0.685. The normalized spacial score (nSPS) is 19.6. The van der Waals surface area contributed by atoms with Crippen molar-refractivity contribution in [3.05, 3.63) is 68.9 Å². The van der Waals surface area contributed by atoms with E-state index in [1.807, 2.05) is 33.8 Å². The van der Waals surface area contributed by atoms with E-state index in [2.05, 4.69) is 15.9 Å². The van der Waals surface area contributed by atoms with Crippen molar-refractivity contribution in [3.63, 3.8) is 0 Å². The average Bonchev–Trinajstić information content (AvgIpc) is 3.64. The molecule has 3 aromatic heterocycles. The Kier molecular flexibility index (Phi) is 8.69. The number of carbonyl (C=O) groups is 2. The third-order valence-electron chi connectivity index (χ3n) is 8.13. The molecule has 1 aliphatic rings. The molecule has 15 heteroatoms. The highest BCUT2D eigenvalue weighted by Gasteiger charge is 2.51. The molecule has 14 nitrogen and oxygen atoms in total. The standard InChI is InChI=1S/C32H34FN5O9/c1-8-32(14-39)22(46-24(41)12-31(6,7)25-17(3)9-16(2)10-20(25)44-19(5)40)11-23(47-32)38-15-35-26-27(34)37(29(33)36-28(26)38)13-21-18(4)43-30(42)45-21/h1,9-10,15,22-23,34,39H,11-14H2,2-7H3/t22-,23+,32+/m0/s1. The summed E-state index contributed by atoms with van der Waals surface area (Å²) in [5, 5.41) is 18.9. The fraction of sp³-hybridized carbons (Fsp3) is 0.438. The SMILES string of the molecule is C#C[C@]1(CO)O[C@@H](n2cnc3c(=N)n(Cc4oc(=O)oc4C)c(F)nc32)C[C@@H]1OC(=O)CC(C)(C)c1c(C)cc(C)cc1OC(C)=O. The molecule has 248 valence electrons. The first kappa shape index (κ1) is 33.3. The lowest BCUT2D eigenvalue weighted by Crippen LogP contribution is -2.44. The lowest BCUT2D eigenvalue weighted by Gasteiger charge is -2.31. The van der Waals surface area contributed by atoms with Crippen molar-refractivity contribution in [2.24, 2.45) is 0 Å². The zero-order valence-corrected chi connectivity index (χ0v) is 26.7. The predicted octanol–water partition coefficient (Wildman–Crippen LogP) is 2.86. The van der Waals surface area contributed by atoms with Crippen LogP contribution in [-0.4, -0.2) is 54.5 Å². The van der Waals surface area contributed by atoms with Gasteiger partial charge in [0.2, 0.25) is 0 Å². The number of aromatic nitrogens is 4. The van der Waals surface area contributed by atoms with E-state index in [0.717, 1.165) is 15.7 Å². The quantitative estimate of drug-likeness (QED) is 0.117. The average molecular weight is 652 g/mol. The summed E-state index contributed by atoms with van der Waals surface area (Å²) in [6.45, 7) is 9.08. The third kappa shape index (κ3) is 6.21. The molecule has 0 bridgehead atoms. The van der Waals surface area contributed by atoms with Crippen LogP contribution >= 0.6 is 0 Å². The smallest absolute Gasteiger partial charge is 0.458 e. The van der Waals surface area contributed by atoms with Gasteiger partial charge in [0.1, 0.15) is 23.8 Å². The Balaban J connectivity index is 1.41. The van der Waals surface area contributed by atoms with Gasteiger partial charge in [-0.05, 0) is 38.0 Å². The van der Waals surface area contributed by atoms with Gasteiger partial charge in [-0.25, -0.2) is 9.78 Å². The largest absolute Gasteiger partial charge is 0.519 e. The molecule has 1 saturated heterocycles. The van der Waals surface area contributed by atoms with Crippen molar-refractivity contribution >= 4 is 23.1 Å². The number of carbonyl (C=O) groups excluding carboxylic acids is 2. The molecule has 3 atom stereocenters. The number of nitrogens with one attached hydrogen (secondary N) is 1. The maximum atomic E-state index is 15.3. The molecule has 4 heterocycles. The molecular weight excluding hydrogens is 617 g/mol. The van der Waals surface area contributed by atoms with Gasteiger partial charge >= 0.3 is 17.8 Å². The topological polar surface area (TPSA) is 185 Å². The number of halogens is 1. The summed E-state index contributed by atoms with van der Waals surface area (Å²) >= 11 is 0. The van der Waals surface area contributed by atoms with Crippen LogP contribution in [0.3, 0.4) is 0 Å². The molecular formula is C32H34FN5O9. The van der Waals surface area contributed by atoms with Crippen LogP contribution in [0.4, 0.5) is 4.39 Å². The van der Waals surface area contributed by atoms with E-state index < -0.39 is 53.8 Å². The first-order valence-electron chi connectivity index (χ1n) is 14.6. The fourth-order valence-electron chi connectivity index (χ4n) is 6.06. The van der Waals surface area contributed by atoms with E-state index in [-0.39, 0.29) is 47.6 Å². The van der Waals surface area contributed by atoms with Crippen molar-refractivity contribution in [2.75, 3.05) is 6.61 Å². The molecule has 2 N–H and O–H groups in total. The van der Waals surface area contributed by atoms with E-state index in [1.165, 1.54) is 24.7 Å². The van der Waals surface area contributed by atoms with Crippen LogP contribution in [0.15, 0.2) is 32.1 Å². The van der Waals surface area contributed by atoms with E-state index in [4.69, 9.17) is 34.9 Å². The Morgan fingerprint density at radius 1 is 1.28 bits per heavy atom. The summed E-state index contributed by atoms with van der Waals surface area (Å²) in [5.74, 6) is 0.786. The molecule has 47 heavy (non-hydrogen) atoms. The van der Waals surface area contributed by atoms with Gasteiger partial charge < -0.3 is 28.2 Å². The Morgan fingerprint density at radius 3 is 2.62 bits per heavy atom. The summed E-state index contributed by atoms with van der Waals surface area (Å²) < 4.78 is 44.6. The number of nitrogens with zero attached hydrogens (tertiary/aromatic N) is 4. The van der Waals surface area contributed by atoms with Crippen LogP contribution < -0.4 is 16.0 Å². The van der Waals surface area contributed by atoms with Gasteiger partial charge in [-0.15, -0.1) is 6.42 Å². The lowest BCUT2D eigenvalue weighted by molar-refractivity contribution is -0.160. The number of imidazole rings is 1. The number of aliphatic hydroxyl groups excluding tert-OH is 1. The number of aryl methyl sites for hydroxylation is 3. The van der Waals surface area contributed by atoms with Crippen molar-refractivity contribution < 1.29 is 42.1 Å². The summed E-state index contributed by atoms with van der Waals surface area (Å²) in [7, 11) is 0. The highest BCUT2D eigenvalue weighted by molar-refractivity contribution is 5.74.